The van der Waals surface area contributed by atoms with Gasteiger partial charge in [-0.05, 0) is 33.9 Å². The Morgan fingerprint density at radius 3 is 0.829 bits per heavy atom. The van der Waals surface area contributed by atoms with Crippen LogP contribution in [0.3, 0.4) is 0 Å². The second kappa shape index (κ2) is 13.2. The number of hydrogen-bond donors (Lipinski definition) is 0. The third-order valence-corrected chi connectivity index (χ3v) is 8.73. The van der Waals surface area contributed by atoms with Crippen LogP contribution in [0.15, 0.2) is 176 Å². The summed E-state index contributed by atoms with van der Waals surface area (Å²) in [6.45, 7) is 0. The summed E-state index contributed by atoms with van der Waals surface area (Å²) in [4.78, 5) is -1.44. The normalized spacial score (nSPS) is 11.3. The second-order valence-corrected chi connectivity index (χ2v) is 11.2. The lowest BCUT2D eigenvalue weighted by Gasteiger charge is -2.30. The van der Waals surface area contributed by atoms with Crippen molar-refractivity contribution in [3.8, 4) is 0 Å². The minimum absolute atomic E-state index is 0.649. The van der Waals surface area contributed by atoms with Gasteiger partial charge < -0.3 is 0 Å². The summed E-state index contributed by atoms with van der Waals surface area (Å²) >= 11 is 20.7. The van der Waals surface area contributed by atoms with Crippen LogP contribution in [0.1, 0.15) is 33.4 Å². The smallest absolute Gasteiger partial charge is 0.104 e. The quantitative estimate of drug-likeness (QED) is 0.133. The van der Waals surface area contributed by atoms with Gasteiger partial charge in [0.15, 0.2) is 0 Å². The van der Waals surface area contributed by atoms with Gasteiger partial charge in [-0.15, -0.1) is 23.2 Å². The molecular formula is C38H29Cl3. The van der Waals surface area contributed by atoms with Crippen molar-refractivity contribution in [3.05, 3.63) is 214 Å². The van der Waals surface area contributed by atoms with Gasteiger partial charge in [-0.25, -0.2) is 0 Å². The molecule has 0 radical (unpaired) electrons. The minimum Gasteiger partial charge on any atom is -0.104 e. The van der Waals surface area contributed by atoms with Crippen LogP contribution in [0, 0.1) is 0 Å². The van der Waals surface area contributed by atoms with Gasteiger partial charge in [0.2, 0.25) is 0 Å². The maximum Gasteiger partial charge on any atom is 0.121 e. The molecule has 0 aliphatic carbocycles. The molecule has 0 aliphatic heterocycles. The van der Waals surface area contributed by atoms with E-state index < -0.39 is 9.75 Å². The topological polar surface area (TPSA) is 0 Å². The zero-order valence-electron chi connectivity index (χ0n) is 22.4. The molecule has 3 heteroatoms. The van der Waals surface area contributed by atoms with E-state index in [9.17, 15) is 0 Å². The van der Waals surface area contributed by atoms with Crippen LogP contribution in [-0.4, -0.2) is 0 Å². The molecule has 0 N–H and O–H groups in total. The van der Waals surface area contributed by atoms with Crippen molar-refractivity contribution in [1.29, 1.82) is 0 Å². The fraction of sp³-hybridized carbons (Fsp3) is 0.0526. The van der Waals surface area contributed by atoms with E-state index in [0.29, 0.717) is 5.02 Å². The molecule has 6 rings (SSSR count). The molecule has 0 unspecified atom stereocenters. The third-order valence-electron chi connectivity index (χ3n) is 7.10. The molecule has 0 heterocycles. The van der Waals surface area contributed by atoms with Crippen molar-refractivity contribution in [2.45, 2.75) is 9.75 Å². The minimum atomic E-state index is -0.791. The maximum atomic E-state index is 7.14. The van der Waals surface area contributed by atoms with Gasteiger partial charge in [-0.2, -0.15) is 0 Å². The van der Waals surface area contributed by atoms with E-state index in [4.69, 9.17) is 34.8 Å². The van der Waals surface area contributed by atoms with Crippen LogP contribution in [0.2, 0.25) is 5.02 Å². The molecule has 0 aliphatic rings. The van der Waals surface area contributed by atoms with Gasteiger partial charge in [-0.3, -0.25) is 0 Å². The van der Waals surface area contributed by atoms with Gasteiger partial charge >= 0.3 is 0 Å². The monoisotopic (exact) mass is 590 g/mol. The van der Waals surface area contributed by atoms with E-state index in [1.807, 2.05) is 140 Å². The third kappa shape index (κ3) is 6.11. The average Bonchev–Trinajstić information content (AvgIpc) is 3.06. The molecule has 0 bridgehead atoms. The van der Waals surface area contributed by atoms with Gasteiger partial charge in [0.05, 0.1) is 0 Å². The van der Waals surface area contributed by atoms with Gasteiger partial charge in [-0.1, -0.05) is 181 Å². The summed E-state index contributed by atoms with van der Waals surface area (Å²) in [5.74, 6) is 0. The predicted molar refractivity (Wildman–Crippen MR) is 175 cm³/mol. The van der Waals surface area contributed by atoms with E-state index in [0.717, 1.165) is 33.4 Å². The molecule has 0 saturated heterocycles. The first-order chi connectivity index (χ1) is 20.0. The molecule has 0 spiro atoms. The standard InChI is InChI=1S/C19H14Cl2.C19H15Cl/c20-18-14-8-7-13-17(18)19(21,15-9-3-1-4-10-15)16-11-5-2-6-12-16;20-19(16-10-4-1-5-11-16,17-12-6-2-7-13-17)18-14-8-3-9-15-18/h1-14H;1-15H. The highest BCUT2D eigenvalue weighted by molar-refractivity contribution is 6.34. The van der Waals surface area contributed by atoms with Crippen molar-refractivity contribution in [1.82, 2.24) is 0 Å². The van der Waals surface area contributed by atoms with Crippen LogP contribution in [-0.2, 0) is 9.75 Å². The highest BCUT2D eigenvalue weighted by atomic mass is 35.5. The fourth-order valence-corrected chi connectivity index (χ4v) is 6.18. The first kappa shape index (κ1) is 28.7. The van der Waals surface area contributed by atoms with Crippen LogP contribution < -0.4 is 0 Å². The van der Waals surface area contributed by atoms with E-state index in [2.05, 4.69) is 36.4 Å². The molecule has 6 aromatic rings. The average molecular weight is 592 g/mol. The Balaban J connectivity index is 0.000000165. The van der Waals surface area contributed by atoms with E-state index in [1.54, 1.807) is 0 Å². The Bertz CT molecular complexity index is 1500. The number of halogens is 3. The maximum absolute atomic E-state index is 7.14. The second-order valence-electron chi connectivity index (χ2n) is 9.63. The number of hydrogen-bond acceptors (Lipinski definition) is 0. The van der Waals surface area contributed by atoms with Crippen LogP contribution in [0.25, 0.3) is 0 Å². The first-order valence-electron chi connectivity index (χ1n) is 13.4. The van der Waals surface area contributed by atoms with Crippen LogP contribution >= 0.6 is 34.8 Å². The highest BCUT2D eigenvalue weighted by Gasteiger charge is 2.35. The summed E-state index contributed by atoms with van der Waals surface area (Å²) in [6.07, 6.45) is 0. The number of rotatable bonds is 6. The Kier molecular flexibility index (Phi) is 9.27. The lowest BCUT2D eigenvalue weighted by atomic mass is 9.84. The SMILES string of the molecule is ClC(c1ccccc1)(c1ccccc1)c1ccccc1.Clc1ccccc1C(Cl)(c1ccccc1)c1ccccc1. The van der Waals surface area contributed by atoms with Crippen LogP contribution in [0.5, 0.6) is 0 Å². The number of alkyl halides is 2. The van der Waals surface area contributed by atoms with E-state index in [1.165, 1.54) is 0 Å². The van der Waals surface area contributed by atoms with Crippen molar-refractivity contribution < 1.29 is 0 Å². The van der Waals surface area contributed by atoms with Crippen molar-refractivity contribution in [2.24, 2.45) is 0 Å². The zero-order valence-corrected chi connectivity index (χ0v) is 24.6. The fourth-order valence-electron chi connectivity index (χ4n) is 5.06. The summed E-state index contributed by atoms with van der Waals surface area (Å²) in [7, 11) is 0. The molecule has 0 atom stereocenters. The Hall–Kier alpha value is -3.81. The van der Waals surface area contributed by atoms with Crippen molar-refractivity contribution in [2.75, 3.05) is 0 Å². The molecule has 0 fully saturated rings. The summed E-state index contributed by atoms with van der Waals surface area (Å²) in [5.41, 5.74) is 6.15. The Morgan fingerprint density at radius 2 is 0.537 bits per heavy atom. The molecule has 0 nitrogen and oxygen atoms in total. The molecule has 0 amide bonds. The van der Waals surface area contributed by atoms with Gasteiger partial charge in [0, 0.05) is 10.6 Å². The van der Waals surface area contributed by atoms with E-state index >= 15 is 0 Å². The molecular weight excluding hydrogens is 563 g/mol. The molecule has 0 saturated carbocycles. The number of benzene rings is 6. The predicted octanol–water partition coefficient (Wildman–Crippen LogP) is 11.1. The summed E-state index contributed by atoms with van der Waals surface area (Å²) in [6, 6.07) is 58.4. The van der Waals surface area contributed by atoms with Gasteiger partial charge in [0.25, 0.3) is 0 Å². The summed E-state index contributed by atoms with van der Waals surface area (Å²) in [5, 5.41) is 0.667. The largest absolute Gasteiger partial charge is 0.121 e. The zero-order chi connectivity index (χ0) is 28.5. The highest BCUT2D eigenvalue weighted by Crippen LogP contribution is 2.45. The Labute approximate surface area is 257 Å². The summed E-state index contributed by atoms with van der Waals surface area (Å²) < 4.78 is 0. The first-order valence-corrected chi connectivity index (χ1v) is 14.6. The lowest BCUT2D eigenvalue weighted by Crippen LogP contribution is -2.22. The van der Waals surface area contributed by atoms with Crippen molar-refractivity contribution >= 4 is 34.8 Å². The molecule has 6 aromatic carbocycles. The van der Waals surface area contributed by atoms with Gasteiger partial charge in [0.1, 0.15) is 9.75 Å². The molecule has 202 valence electrons. The Morgan fingerprint density at radius 1 is 0.293 bits per heavy atom. The molecule has 0 aromatic heterocycles. The molecule has 41 heavy (non-hydrogen) atoms. The van der Waals surface area contributed by atoms with E-state index in [-0.39, 0.29) is 0 Å². The van der Waals surface area contributed by atoms with Crippen LogP contribution in [0.4, 0.5) is 0 Å². The van der Waals surface area contributed by atoms with Crippen molar-refractivity contribution in [3.63, 3.8) is 0 Å². The lowest BCUT2D eigenvalue weighted by molar-refractivity contribution is 0.879.